The number of carbonyl (C=O) groups excluding carboxylic acids is 2. The minimum absolute atomic E-state index is 0.117. The number of urea groups is 1. The van der Waals surface area contributed by atoms with E-state index in [0.717, 1.165) is 12.8 Å². The van der Waals surface area contributed by atoms with Gasteiger partial charge in [-0.25, -0.2) is 9.78 Å². The lowest BCUT2D eigenvalue weighted by Crippen LogP contribution is -2.49. The van der Waals surface area contributed by atoms with Gasteiger partial charge < -0.3 is 15.4 Å². The van der Waals surface area contributed by atoms with E-state index in [1.165, 1.54) is 7.05 Å². The van der Waals surface area contributed by atoms with Gasteiger partial charge in [-0.15, -0.1) is 0 Å². The van der Waals surface area contributed by atoms with E-state index in [2.05, 4.69) is 20.9 Å². The van der Waals surface area contributed by atoms with Gasteiger partial charge in [0.1, 0.15) is 11.5 Å². The Balaban J connectivity index is 1.80. The van der Waals surface area contributed by atoms with Gasteiger partial charge in [0.15, 0.2) is 0 Å². The maximum absolute atomic E-state index is 11.9. The van der Waals surface area contributed by atoms with Crippen molar-refractivity contribution in [1.29, 1.82) is 0 Å². The van der Waals surface area contributed by atoms with Crippen LogP contribution in [0.4, 0.5) is 10.6 Å². The Kier molecular flexibility index (Phi) is 5.32. The number of hydrogen-bond donors (Lipinski definition) is 3. The number of ether oxygens (including phenoxy) is 1. The molecule has 1 heterocycles. The van der Waals surface area contributed by atoms with Crippen LogP contribution in [0.3, 0.4) is 0 Å². The molecule has 0 bridgehead atoms. The molecule has 1 saturated carbocycles. The van der Waals surface area contributed by atoms with Gasteiger partial charge in [0, 0.05) is 13.1 Å². The highest BCUT2D eigenvalue weighted by molar-refractivity contribution is 5.93. The fourth-order valence-corrected chi connectivity index (χ4v) is 2.28. The van der Waals surface area contributed by atoms with E-state index in [4.69, 9.17) is 4.74 Å². The quantitative estimate of drug-likeness (QED) is 0.769. The molecule has 2 rings (SSSR count). The highest BCUT2D eigenvalue weighted by Gasteiger charge is 2.31. The topological polar surface area (TPSA) is 92.4 Å². The maximum atomic E-state index is 11.9. The third-order valence-corrected chi connectivity index (χ3v) is 3.35. The average molecular weight is 306 g/mol. The minimum Gasteiger partial charge on any atom is -0.375 e. The Bertz CT molecular complexity index is 541. The number of rotatable bonds is 5. The predicted octanol–water partition coefficient (Wildman–Crippen LogP) is 1.52. The molecule has 1 aliphatic rings. The highest BCUT2D eigenvalue weighted by atomic mass is 16.5. The zero-order valence-corrected chi connectivity index (χ0v) is 13.1. The smallest absolute Gasteiger partial charge is 0.320 e. The molecule has 0 spiro atoms. The van der Waals surface area contributed by atoms with Gasteiger partial charge in [0.25, 0.3) is 5.91 Å². The number of hydrogen-bond acceptors (Lipinski definition) is 4. The van der Waals surface area contributed by atoms with E-state index in [-0.39, 0.29) is 35.9 Å². The summed E-state index contributed by atoms with van der Waals surface area (Å²) in [5, 5.41) is 7.98. The van der Waals surface area contributed by atoms with Crippen molar-refractivity contribution < 1.29 is 14.3 Å². The summed E-state index contributed by atoms with van der Waals surface area (Å²) in [5.74, 6) is 0.0460. The molecule has 1 aliphatic carbocycles. The van der Waals surface area contributed by atoms with Gasteiger partial charge in [0.05, 0.1) is 12.2 Å². The summed E-state index contributed by atoms with van der Waals surface area (Å²) in [5.41, 5.74) is 0.259. The van der Waals surface area contributed by atoms with E-state index >= 15 is 0 Å². The van der Waals surface area contributed by atoms with Gasteiger partial charge in [-0.1, -0.05) is 6.07 Å². The van der Waals surface area contributed by atoms with Crippen molar-refractivity contribution in [1.82, 2.24) is 15.6 Å². The number of nitrogens with zero attached hydrogens (tertiary/aromatic N) is 1. The van der Waals surface area contributed by atoms with Crippen LogP contribution in [0.1, 0.15) is 37.2 Å². The van der Waals surface area contributed by atoms with Crippen LogP contribution in [0, 0.1) is 0 Å². The lowest BCUT2D eigenvalue weighted by Gasteiger charge is -2.36. The van der Waals surface area contributed by atoms with E-state index in [9.17, 15) is 9.59 Å². The second kappa shape index (κ2) is 7.22. The standard InChI is InChI=1S/C15H22N4O3/c1-9(2)22-11-7-10(8-11)17-15(21)19-13-6-4-5-12(18-13)14(20)16-3/h4-6,9-11H,7-8H2,1-3H3,(H,16,20)(H2,17,18,19,21). The van der Waals surface area contributed by atoms with E-state index in [1.54, 1.807) is 18.2 Å². The summed E-state index contributed by atoms with van der Waals surface area (Å²) in [4.78, 5) is 27.5. The Morgan fingerprint density at radius 2 is 2.05 bits per heavy atom. The summed E-state index contributed by atoms with van der Waals surface area (Å²) >= 11 is 0. The summed E-state index contributed by atoms with van der Waals surface area (Å²) in [7, 11) is 1.53. The molecule has 7 nitrogen and oxygen atoms in total. The molecule has 1 aromatic rings. The lowest BCUT2D eigenvalue weighted by atomic mass is 9.89. The van der Waals surface area contributed by atoms with Crippen molar-refractivity contribution in [3.8, 4) is 0 Å². The number of pyridine rings is 1. The molecule has 3 amide bonds. The molecule has 0 saturated heterocycles. The number of amides is 3. The first-order valence-electron chi connectivity index (χ1n) is 7.40. The van der Waals surface area contributed by atoms with E-state index in [1.807, 2.05) is 13.8 Å². The maximum Gasteiger partial charge on any atom is 0.320 e. The van der Waals surface area contributed by atoms with Gasteiger partial charge >= 0.3 is 6.03 Å². The first-order valence-corrected chi connectivity index (χ1v) is 7.40. The van der Waals surface area contributed by atoms with Crippen LogP contribution >= 0.6 is 0 Å². The third kappa shape index (κ3) is 4.42. The molecular weight excluding hydrogens is 284 g/mol. The van der Waals surface area contributed by atoms with Crippen LogP contribution in [0.5, 0.6) is 0 Å². The van der Waals surface area contributed by atoms with E-state index in [0.29, 0.717) is 5.82 Å². The molecule has 1 aromatic heterocycles. The van der Waals surface area contributed by atoms with Crippen LogP contribution < -0.4 is 16.0 Å². The first kappa shape index (κ1) is 16.2. The third-order valence-electron chi connectivity index (χ3n) is 3.35. The molecule has 1 fully saturated rings. The van der Waals surface area contributed by atoms with Crippen LogP contribution in [0.25, 0.3) is 0 Å². The Morgan fingerprint density at radius 1 is 1.32 bits per heavy atom. The number of aromatic nitrogens is 1. The lowest BCUT2D eigenvalue weighted by molar-refractivity contribution is -0.0473. The molecule has 0 radical (unpaired) electrons. The monoisotopic (exact) mass is 306 g/mol. The fourth-order valence-electron chi connectivity index (χ4n) is 2.28. The molecule has 0 aliphatic heterocycles. The van der Waals surface area contributed by atoms with Crippen molar-refractivity contribution in [2.75, 3.05) is 12.4 Å². The van der Waals surface area contributed by atoms with Crippen molar-refractivity contribution in [3.05, 3.63) is 23.9 Å². The molecule has 0 atom stereocenters. The van der Waals surface area contributed by atoms with Crippen LogP contribution in [-0.4, -0.2) is 42.2 Å². The fraction of sp³-hybridized carbons (Fsp3) is 0.533. The zero-order chi connectivity index (χ0) is 16.1. The van der Waals surface area contributed by atoms with Crippen molar-refractivity contribution >= 4 is 17.8 Å². The average Bonchev–Trinajstić information content (AvgIpc) is 2.44. The number of anilines is 1. The highest BCUT2D eigenvalue weighted by Crippen LogP contribution is 2.24. The summed E-state index contributed by atoms with van der Waals surface area (Å²) < 4.78 is 5.64. The molecule has 120 valence electrons. The number of carbonyl (C=O) groups is 2. The molecule has 0 unspecified atom stereocenters. The van der Waals surface area contributed by atoms with Crippen LogP contribution in [-0.2, 0) is 4.74 Å². The van der Waals surface area contributed by atoms with Crippen LogP contribution in [0.15, 0.2) is 18.2 Å². The second-order valence-corrected chi connectivity index (χ2v) is 5.56. The summed E-state index contributed by atoms with van der Waals surface area (Å²) in [6.07, 6.45) is 2.06. The summed E-state index contributed by atoms with van der Waals surface area (Å²) in [6, 6.07) is 4.68. The molecule has 3 N–H and O–H groups in total. The first-order chi connectivity index (χ1) is 10.5. The second-order valence-electron chi connectivity index (χ2n) is 5.56. The molecule has 7 heteroatoms. The van der Waals surface area contributed by atoms with Gasteiger partial charge in [-0.3, -0.25) is 10.1 Å². The minimum atomic E-state index is -0.324. The zero-order valence-electron chi connectivity index (χ0n) is 13.1. The van der Waals surface area contributed by atoms with Gasteiger partial charge in [0.2, 0.25) is 0 Å². The number of nitrogens with one attached hydrogen (secondary N) is 3. The predicted molar refractivity (Wildman–Crippen MR) is 82.8 cm³/mol. The van der Waals surface area contributed by atoms with Crippen molar-refractivity contribution in [2.24, 2.45) is 0 Å². The molecular formula is C15H22N4O3. The van der Waals surface area contributed by atoms with Gasteiger partial charge in [-0.2, -0.15) is 0 Å². The van der Waals surface area contributed by atoms with Crippen LogP contribution in [0.2, 0.25) is 0 Å². The van der Waals surface area contributed by atoms with Crippen molar-refractivity contribution in [3.63, 3.8) is 0 Å². The molecule has 22 heavy (non-hydrogen) atoms. The SMILES string of the molecule is CNC(=O)c1cccc(NC(=O)NC2CC(OC(C)C)C2)n1. The van der Waals surface area contributed by atoms with E-state index < -0.39 is 0 Å². The molecule has 0 aromatic carbocycles. The largest absolute Gasteiger partial charge is 0.375 e. The van der Waals surface area contributed by atoms with Crippen molar-refractivity contribution in [2.45, 2.75) is 44.9 Å². The Labute approximate surface area is 129 Å². The summed E-state index contributed by atoms with van der Waals surface area (Å²) in [6.45, 7) is 4.00. The van der Waals surface area contributed by atoms with Gasteiger partial charge in [-0.05, 0) is 38.8 Å². The normalized spacial score (nSPS) is 20.2. The Hall–Kier alpha value is -2.15. The Morgan fingerprint density at radius 3 is 2.68 bits per heavy atom.